The van der Waals surface area contributed by atoms with Crippen molar-refractivity contribution in [3.05, 3.63) is 94.0 Å². The number of aromatic hydroxyl groups is 1. The molecule has 3 unspecified atom stereocenters. The summed E-state index contributed by atoms with van der Waals surface area (Å²) in [6, 6.07) is 18.3. The van der Waals surface area contributed by atoms with Gasteiger partial charge in [0, 0.05) is 22.7 Å². The second-order valence-corrected chi connectivity index (χ2v) is 10.0. The van der Waals surface area contributed by atoms with Crippen LogP contribution in [0.1, 0.15) is 57.6 Å². The molecule has 6 nitrogen and oxygen atoms in total. The van der Waals surface area contributed by atoms with Gasteiger partial charge in [0.1, 0.15) is 11.0 Å². The fourth-order valence-corrected chi connectivity index (χ4v) is 5.45. The standard InChI is InChI=1S/C25H30N2O4S/c1-15-9-10-19(13-16(15)2)21(14-18-7-5-4-6-8-18)25(32(27,30)31)20-11-12-22(26)23(17(3)28)24(20)29/h4-13,17,21,25,28-29H,14,26H2,1-3H3,(H2,27,30,31). The number of hydrogen-bond acceptors (Lipinski definition) is 5. The van der Waals surface area contributed by atoms with Crippen LogP contribution in [0.3, 0.4) is 0 Å². The van der Waals surface area contributed by atoms with E-state index >= 15 is 0 Å². The van der Waals surface area contributed by atoms with Crippen molar-refractivity contribution in [2.45, 2.75) is 44.5 Å². The third kappa shape index (κ3) is 4.96. The van der Waals surface area contributed by atoms with E-state index in [0.29, 0.717) is 6.42 Å². The molecular weight excluding hydrogens is 424 g/mol. The Labute approximate surface area is 189 Å². The molecule has 0 spiro atoms. The van der Waals surface area contributed by atoms with E-state index in [-0.39, 0.29) is 22.6 Å². The van der Waals surface area contributed by atoms with Crippen molar-refractivity contribution < 1.29 is 18.6 Å². The zero-order chi connectivity index (χ0) is 23.6. The Morgan fingerprint density at radius 3 is 2.19 bits per heavy atom. The number of phenols is 1. The Morgan fingerprint density at radius 1 is 0.969 bits per heavy atom. The predicted octanol–water partition coefficient (Wildman–Crippen LogP) is 4.00. The number of benzene rings is 3. The van der Waals surface area contributed by atoms with Gasteiger partial charge in [-0.3, -0.25) is 0 Å². The number of aliphatic hydroxyl groups excluding tert-OH is 1. The third-order valence-electron chi connectivity index (χ3n) is 5.98. The van der Waals surface area contributed by atoms with E-state index in [2.05, 4.69) is 0 Å². The van der Waals surface area contributed by atoms with Gasteiger partial charge in [0.2, 0.25) is 10.0 Å². The number of rotatable bonds is 7. The van der Waals surface area contributed by atoms with Crippen LogP contribution in [0.25, 0.3) is 0 Å². The van der Waals surface area contributed by atoms with Crippen LogP contribution < -0.4 is 10.9 Å². The third-order valence-corrected chi connectivity index (χ3v) is 7.27. The summed E-state index contributed by atoms with van der Waals surface area (Å²) in [6.07, 6.45) is -0.691. The van der Waals surface area contributed by atoms with Crippen molar-refractivity contribution in [3.63, 3.8) is 0 Å². The van der Waals surface area contributed by atoms with Crippen LogP contribution in [0.15, 0.2) is 60.7 Å². The number of sulfonamides is 1. The second-order valence-electron chi connectivity index (χ2n) is 8.33. The van der Waals surface area contributed by atoms with Crippen molar-refractivity contribution in [1.82, 2.24) is 0 Å². The molecule has 3 aromatic carbocycles. The monoisotopic (exact) mass is 454 g/mol. The number of hydrogen-bond donors (Lipinski definition) is 4. The molecule has 170 valence electrons. The topological polar surface area (TPSA) is 127 Å². The van der Waals surface area contributed by atoms with Gasteiger partial charge < -0.3 is 15.9 Å². The normalized spacial score (nSPS) is 14.7. The number of aryl methyl sites for hydroxylation is 2. The van der Waals surface area contributed by atoms with E-state index in [9.17, 15) is 18.6 Å². The van der Waals surface area contributed by atoms with Gasteiger partial charge in [-0.2, -0.15) is 0 Å². The number of phenolic OH excluding ortho intramolecular Hbond substituents is 1. The highest BCUT2D eigenvalue weighted by atomic mass is 32.2. The molecular formula is C25H30N2O4S. The van der Waals surface area contributed by atoms with Gasteiger partial charge >= 0.3 is 0 Å². The summed E-state index contributed by atoms with van der Waals surface area (Å²) in [5.41, 5.74) is 10.2. The average Bonchev–Trinajstić information content (AvgIpc) is 2.71. The molecule has 6 N–H and O–H groups in total. The van der Waals surface area contributed by atoms with Gasteiger partial charge in [-0.1, -0.05) is 54.6 Å². The maximum absolute atomic E-state index is 13.0. The minimum atomic E-state index is -4.17. The molecule has 7 heteroatoms. The van der Waals surface area contributed by atoms with Crippen LogP contribution in [0.5, 0.6) is 5.75 Å². The number of aliphatic hydroxyl groups is 1. The van der Waals surface area contributed by atoms with Gasteiger partial charge in [-0.15, -0.1) is 0 Å². The van der Waals surface area contributed by atoms with Crippen molar-refractivity contribution in [2.24, 2.45) is 5.14 Å². The van der Waals surface area contributed by atoms with Crippen LogP contribution in [0.2, 0.25) is 0 Å². The van der Waals surface area contributed by atoms with Crippen molar-refractivity contribution in [3.8, 4) is 5.75 Å². The summed E-state index contributed by atoms with van der Waals surface area (Å²) >= 11 is 0. The van der Waals surface area contributed by atoms with Gasteiger partial charge in [-0.25, -0.2) is 13.6 Å². The van der Waals surface area contributed by atoms with E-state index in [1.54, 1.807) is 0 Å². The smallest absolute Gasteiger partial charge is 0.216 e. The first-order chi connectivity index (χ1) is 15.0. The molecule has 0 heterocycles. The maximum Gasteiger partial charge on any atom is 0.216 e. The molecule has 0 radical (unpaired) electrons. The summed E-state index contributed by atoms with van der Waals surface area (Å²) in [7, 11) is -4.17. The molecule has 0 aliphatic rings. The van der Waals surface area contributed by atoms with E-state index in [1.165, 1.54) is 19.1 Å². The van der Waals surface area contributed by atoms with Gasteiger partial charge in [-0.05, 0) is 55.5 Å². The summed E-state index contributed by atoms with van der Waals surface area (Å²) in [5, 5.41) is 25.6. The lowest BCUT2D eigenvalue weighted by molar-refractivity contribution is 0.195. The summed E-state index contributed by atoms with van der Waals surface area (Å²) in [5.74, 6) is -0.927. The number of nitrogen functional groups attached to an aromatic ring is 1. The largest absolute Gasteiger partial charge is 0.507 e. The van der Waals surface area contributed by atoms with Crippen LogP contribution >= 0.6 is 0 Å². The van der Waals surface area contributed by atoms with Crippen LogP contribution in [0, 0.1) is 13.8 Å². The summed E-state index contributed by atoms with van der Waals surface area (Å²) < 4.78 is 26.0. The summed E-state index contributed by atoms with van der Waals surface area (Å²) in [6.45, 7) is 5.42. The molecule has 0 aliphatic heterocycles. The lowest BCUT2D eigenvalue weighted by Crippen LogP contribution is -2.29. The van der Waals surface area contributed by atoms with Gasteiger partial charge in [0.05, 0.1) is 6.10 Å². The Hall–Kier alpha value is -2.87. The van der Waals surface area contributed by atoms with E-state index in [4.69, 9.17) is 10.9 Å². The molecule has 3 aromatic rings. The van der Waals surface area contributed by atoms with Crippen LogP contribution in [-0.2, 0) is 16.4 Å². The van der Waals surface area contributed by atoms with Gasteiger partial charge in [0.15, 0.2) is 0 Å². The fraction of sp³-hybridized carbons (Fsp3) is 0.280. The van der Waals surface area contributed by atoms with Crippen LogP contribution in [-0.4, -0.2) is 18.6 Å². The Kier molecular flexibility index (Phi) is 6.93. The average molecular weight is 455 g/mol. The molecule has 32 heavy (non-hydrogen) atoms. The van der Waals surface area contributed by atoms with Crippen LogP contribution in [0.4, 0.5) is 5.69 Å². The lowest BCUT2D eigenvalue weighted by Gasteiger charge is -2.29. The van der Waals surface area contributed by atoms with Gasteiger partial charge in [0.25, 0.3) is 0 Å². The highest BCUT2D eigenvalue weighted by Gasteiger charge is 2.37. The fourth-order valence-electron chi connectivity index (χ4n) is 4.19. The van der Waals surface area contributed by atoms with E-state index < -0.39 is 27.3 Å². The van der Waals surface area contributed by atoms with E-state index in [1.807, 2.05) is 62.4 Å². The lowest BCUT2D eigenvalue weighted by atomic mass is 9.84. The molecule has 0 amide bonds. The first-order valence-corrected chi connectivity index (χ1v) is 12.0. The quantitative estimate of drug-likeness (QED) is 0.401. The predicted molar refractivity (Wildman–Crippen MR) is 128 cm³/mol. The molecule has 3 atom stereocenters. The van der Waals surface area contributed by atoms with Crippen molar-refractivity contribution >= 4 is 15.7 Å². The first kappa shape index (κ1) is 23.8. The molecule has 0 aromatic heterocycles. The van der Waals surface area contributed by atoms with Crippen molar-refractivity contribution in [2.75, 3.05) is 5.73 Å². The number of primary sulfonamides is 1. The zero-order valence-electron chi connectivity index (χ0n) is 18.5. The molecule has 0 saturated carbocycles. The molecule has 3 rings (SSSR count). The Balaban J connectivity index is 2.27. The minimum absolute atomic E-state index is 0.0923. The zero-order valence-corrected chi connectivity index (χ0v) is 19.3. The molecule has 0 bridgehead atoms. The molecule has 0 fully saturated rings. The maximum atomic E-state index is 13.0. The Bertz CT molecular complexity index is 1210. The number of nitrogens with two attached hydrogens (primary N) is 2. The second kappa shape index (κ2) is 9.32. The highest BCUT2D eigenvalue weighted by molar-refractivity contribution is 7.89. The first-order valence-electron chi connectivity index (χ1n) is 10.4. The molecule has 0 aliphatic carbocycles. The molecule has 0 saturated heterocycles. The minimum Gasteiger partial charge on any atom is -0.507 e. The van der Waals surface area contributed by atoms with Crippen molar-refractivity contribution in [1.29, 1.82) is 0 Å². The van der Waals surface area contributed by atoms with E-state index in [0.717, 1.165) is 22.3 Å². The Morgan fingerprint density at radius 2 is 1.62 bits per heavy atom. The SMILES string of the molecule is Cc1ccc(C(Cc2ccccc2)C(c2ccc(N)c(C(C)O)c2O)S(N)(=O)=O)cc1C. The highest BCUT2D eigenvalue weighted by Crippen LogP contribution is 2.45. The summed E-state index contributed by atoms with van der Waals surface area (Å²) in [4.78, 5) is 0. The number of anilines is 1.